The summed E-state index contributed by atoms with van der Waals surface area (Å²) in [5.74, 6) is -0.0739. The SMILES string of the molecule is Cc1ccc2[nH]c(=O)n(CCC(C)(C)NCC(O)C3Oc4ccc(O)cc4NC3=O)c2c1. The summed E-state index contributed by atoms with van der Waals surface area (Å²) < 4.78 is 7.37. The van der Waals surface area contributed by atoms with Gasteiger partial charge in [0, 0.05) is 24.7 Å². The first kappa shape index (κ1) is 21.9. The lowest BCUT2D eigenvalue weighted by molar-refractivity contribution is -0.128. The number of imidazole rings is 1. The van der Waals surface area contributed by atoms with Crippen LogP contribution in [0, 0.1) is 6.92 Å². The molecule has 0 saturated heterocycles. The van der Waals surface area contributed by atoms with E-state index < -0.39 is 23.7 Å². The lowest BCUT2D eigenvalue weighted by Crippen LogP contribution is -2.52. The van der Waals surface area contributed by atoms with E-state index in [9.17, 15) is 19.8 Å². The van der Waals surface area contributed by atoms with E-state index in [2.05, 4.69) is 15.6 Å². The van der Waals surface area contributed by atoms with E-state index in [1.54, 1.807) is 10.6 Å². The fourth-order valence-electron chi connectivity index (χ4n) is 3.82. The second-order valence-corrected chi connectivity index (χ2v) is 8.89. The predicted molar refractivity (Wildman–Crippen MR) is 121 cm³/mol. The van der Waals surface area contributed by atoms with Gasteiger partial charge in [0.05, 0.1) is 16.7 Å². The van der Waals surface area contributed by atoms with E-state index in [1.807, 2.05) is 39.0 Å². The second-order valence-electron chi connectivity index (χ2n) is 8.89. The minimum atomic E-state index is -1.09. The van der Waals surface area contributed by atoms with E-state index in [0.29, 0.717) is 24.4 Å². The maximum absolute atomic E-state index is 12.4. The first-order valence-electron chi connectivity index (χ1n) is 10.6. The Morgan fingerprint density at radius 3 is 2.78 bits per heavy atom. The number of phenols is 1. The van der Waals surface area contributed by atoms with Crippen molar-refractivity contribution in [3.63, 3.8) is 0 Å². The van der Waals surface area contributed by atoms with Gasteiger partial charge in [0.2, 0.25) is 6.10 Å². The van der Waals surface area contributed by atoms with Crippen molar-refractivity contribution in [1.29, 1.82) is 0 Å². The smallest absolute Gasteiger partial charge is 0.326 e. The van der Waals surface area contributed by atoms with Crippen LogP contribution in [0.4, 0.5) is 5.69 Å². The third kappa shape index (κ3) is 4.49. The number of rotatable bonds is 7. The van der Waals surface area contributed by atoms with E-state index in [1.165, 1.54) is 12.1 Å². The average molecular weight is 441 g/mol. The number of hydrogen-bond donors (Lipinski definition) is 5. The van der Waals surface area contributed by atoms with Gasteiger partial charge in [0.25, 0.3) is 5.91 Å². The number of H-pyrrole nitrogens is 1. The van der Waals surface area contributed by atoms with Gasteiger partial charge >= 0.3 is 5.69 Å². The van der Waals surface area contributed by atoms with Crippen LogP contribution in [0.15, 0.2) is 41.2 Å². The van der Waals surface area contributed by atoms with Crippen molar-refractivity contribution in [1.82, 2.24) is 14.9 Å². The van der Waals surface area contributed by atoms with Gasteiger partial charge in [-0.15, -0.1) is 0 Å². The van der Waals surface area contributed by atoms with Crippen LogP contribution in [0.2, 0.25) is 0 Å². The number of benzene rings is 2. The van der Waals surface area contributed by atoms with Gasteiger partial charge in [-0.1, -0.05) is 6.07 Å². The van der Waals surface area contributed by atoms with Gasteiger partial charge in [-0.3, -0.25) is 9.36 Å². The number of aromatic nitrogens is 2. The highest BCUT2D eigenvalue weighted by atomic mass is 16.5. The third-order valence-electron chi connectivity index (χ3n) is 5.76. The van der Waals surface area contributed by atoms with Gasteiger partial charge in [0.1, 0.15) is 17.6 Å². The molecule has 2 heterocycles. The molecule has 0 aliphatic carbocycles. The number of amides is 1. The highest BCUT2D eigenvalue weighted by molar-refractivity contribution is 5.98. The van der Waals surface area contributed by atoms with Crippen molar-refractivity contribution in [2.75, 3.05) is 11.9 Å². The second kappa shape index (κ2) is 8.33. The Labute approximate surface area is 185 Å². The molecule has 1 aliphatic heterocycles. The minimum absolute atomic E-state index is 0.0135. The number of hydrogen-bond acceptors (Lipinski definition) is 6. The maximum Gasteiger partial charge on any atom is 0.326 e. The zero-order chi connectivity index (χ0) is 23.0. The van der Waals surface area contributed by atoms with E-state index in [-0.39, 0.29) is 18.0 Å². The lowest BCUT2D eigenvalue weighted by Gasteiger charge is -2.32. The zero-order valence-corrected chi connectivity index (χ0v) is 18.3. The summed E-state index contributed by atoms with van der Waals surface area (Å²) in [5, 5.41) is 26.1. The van der Waals surface area contributed by atoms with Crippen molar-refractivity contribution in [2.45, 2.75) is 51.5 Å². The van der Waals surface area contributed by atoms with Crippen LogP contribution >= 0.6 is 0 Å². The van der Waals surface area contributed by atoms with E-state index in [0.717, 1.165) is 16.6 Å². The molecule has 0 radical (unpaired) electrons. The Morgan fingerprint density at radius 1 is 1.22 bits per heavy atom. The number of fused-ring (bicyclic) bond motifs is 2. The third-order valence-corrected chi connectivity index (χ3v) is 5.76. The Morgan fingerprint density at radius 2 is 2.00 bits per heavy atom. The number of phenolic OH excluding ortho intramolecular Hbond substituents is 1. The molecule has 0 fully saturated rings. The summed E-state index contributed by atoms with van der Waals surface area (Å²) in [4.78, 5) is 27.6. The number of anilines is 1. The largest absolute Gasteiger partial charge is 0.508 e. The monoisotopic (exact) mass is 440 g/mol. The average Bonchev–Trinajstić information content (AvgIpc) is 3.04. The number of aromatic hydroxyl groups is 1. The van der Waals surface area contributed by atoms with E-state index in [4.69, 9.17) is 4.74 Å². The van der Waals surface area contributed by atoms with Crippen LogP contribution in [0.5, 0.6) is 11.5 Å². The highest BCUT2D eigenvalue weighted by Crippen LogP contribution is 2.33. The van der Waals surface area contributed by atoms with Gasteiger partial charge in [-0.2, -0.15) is 0 Å². The first-order chi connectivity index (χ1) is 15.1. The summed E-state index contributed by atoms with van der Waals surface area (Å²) in [7, 11) is 0. The molecule has 2 unspecified atom stereocenters. The summed E-state index contributed by atoms with van der Waals surface area (Å²) >= 11 is 0. The number of nitrogens with zero attached hydrogens (tertiary/aromatic N) is 1. The Hall–Kier alpha value is -3.30. The number of carbonyl (C=O) groups is 1. The lowest BCUT2D eigenvalue weighted by atomic mass is 9.99. The van der Waals surface area contributed by atoms with Crippen LogP contribution in [0.3, 0.4) is 0 Å². The van der Waals surface area contributed by atoms with Gasteiger partial charge < -0.3 is 30.6 Å². The van der Waals surface area contributed by atoms with Crippen LogP contribution in [-0.2, 0) is 11.3 Å². The molecule has 0 saturated carbocycles. The quantitative estimate of drug-likeness (QED) is 0.382. The summed E-state index contributed by atoms with van der Waals surface area (Å²) in [5.41, 5.74) is 2.54. The zero-order valence-electron chi connectivity index (χ0n) is 18.3. The van der Waals surface area contributed by atoms with Crippen molar-refractivity contribution >= 4 is 22.6 Å². The van der Waals surface area contributed by atoms with Crippen LogP contribution in [-0.4, -0.2) is 50.0 Å². The Bertz CT molecular complexity index is 1210. The van der Waals surface area contributed by atoms with Crippen molar-refractivity contribution in [2.24, 2.45) is 0 Å². The molecule has 9 heteroatoms. The fourth-order valence-corrected chi connectivity index (χ4v) is 3.82. The standard InChI is InChI=1S/C23H28N4O5/c1-13-4-6-15-17(10-13)27(22(31)26-15)9-8-23(2,3)24-12-18(29)20-21(30)25-16-11-14(28)5-7-19(16)32-20/h4-7,10-11,18,20,24,28-29H,8-9,12H2,1-3H3,(H,25,30)(H,26,31). The molecule has 32 heavy (non-hydrogen) atoms. The Kier molecular flexibility index (Phi) is 5.70. The topological polar surface area (TPSA) is 129 Å². The summed E-state index contributed by atoms with van der Waals surface area (Å²) in [6.45, 7) is 6.56. The van der Waals surface area contributed by atoms with Crippen LogP contribution < -0.4 is 21.1 Å². The Balaban J connectivity index is 1.37. The van der Waals surface area contributed by atoms with E-state index >= 15 is 0 Å². The minimum Gasteiger partial charge on any atom is -0.508 e. The predicted octanol–water partition coefficient (Wildman–Crippen LogP) is 1.86. The molecule has 170 valence electrons. The van der Waals surface area contributed by atoms with Crippen molar-refractivity contribution in [3.8, 4) is 11.5 Å². The van der Waals surface area contributed by atoms with Crippen LogP contribution in [0.1, 0.15) is 25.8 Å². The summed E-state index contributed by atoms with van der Waals surface area (Å²) in [6, 6.07) is 10.2. The molecular weight excluding hydrogens is 412 g/mol. The number of carbonyl (C=O) groups excluding carboxylic acids is 1. The molecule has 1 aliphatic rings. The fraction of sp³-hybridized carbons (Fsp3) is 0.391. The number of nitrogens with one attached hydrogen (secondary N) is 3. The molecule has 0 bridgehead atoms. The number of β-amino-alcohol motifs (C(OH)–C–C–N with tert-alkyl or cyclic N) is 1. The maximum atomic E-state index is 12.4. The molecule has 2 aromatic carbocycles. The number of aliphatic hydroxyl groups excluding tert-OH is 1. The molecule has 3 aromatic rings. The molecule has 1 aromatic heterocycles. The number of aliphatic hydroxyl groups is 1. The molecule has 1 amide bonds. The normalized spacial score (nSPS) is 17.0. The van der Waals surface area contributed by atoms with Gasteiger partial charge in [0.15, 0.2) is 0 Å². The first-order valence-corrected chi connectivity index (χ1v) is 10.6. The number of ether oxygens (including phenoxy) is 1. The van der Waals surface area contributed by atoms with Crippen molar-refractivity contribution < 1.29 is 19.7 Å². The van der Waals surface area contributed by atoms with Gasteiger partial charge in [-0.25, -0.2) is 4.79 Å². The van der Waals surface area contributed by atoms with Crippen LogP contribution in [0.25, 0.3) is 11.0 Å². The molecular formula is C23H28N4O5. The highest BCUT2D eigenvalue weighted by Gasteiger charge is 2.34. The molecule has 9 nitrogen and oxygen atoms in total. The molecule has 4 rings (SSSR count). The number of aryl methyl sites for hydroxylation is 2. The molecule has 5 N–H and O–H groups in total. The number of aromatic amines is 1. The molecule has 2 atom stereocenters. The summed E-state index contributed by atoms with van der Waals surface area (Å²) in [6.07, 6.45) is -1.54. The molecule has 0 spiro atoms. The van der Waals surface area contributed by atoms with Gasteiger partial charge in [-0.05, 0) is 57.0 Å². The van der Waals surface area contributed by atoms with Crippen molar-refractivity contribution in [3.05, 3.63) is 52.4 Å².